The average molecular weight is 390 g/mol. The van der Waals surface area contributed by atoms with Crippen LogP contribution in [0.4, 0.5) is 0 Å². The third-order valence-corrected chi connectivity index (χ3v) is 4.94. The molecule has 3 aromatic carbocycles. The third-order valence-electron chi connectivity index (χ3n) is 4.94. The summed E-state index contributed by atoms with van der Waals surface area (Å²) in [6.45, 7) is 6.13. The number of benzene rings is 3. The van der Waals surface area contributed by atoms with Crippen molar-refractivity contribution < 1.29 is 9.47 Å². The van der Waals surface area contributed by atoms with Crippen LogP contribution in [0, 0.1) is 0 Å². The lowest BCUT2D eigenvalue weighted by Crippen LogP contribution is -2.26. The summed E-state index contributed by atoms with van der Waals surface area (Å²) in [5.41, 5.74) is 3.65. The first-order valence-corrected chi connectivity index (χ1v) is 10.4. The zero-order valence-electron chi connectivity index (χ0n) is 17.4. The second-order valence-corrected chi connectivity index (χ2v) is 7.26. The minimum Gasteiger partial charge on any atom is -0.490 e. The van der Waals surface area contributed by atoms with E-state index in [0.717, 1.165) is 42.0 Å². The van der Waals surface area contributed by atoms with E-state index in [0.29, 0.717) is 19.3 Å². The molecule has 0 aromatic heterocycles. The molecule has 0 saturated carbocycles. The Labute approximate surface area is 174 Å². The molecule has 0 saturated heterocycles. The third kappa shape index (κ3) is 6.65. The van der Waals surface area contributed by atoms with Gasteiger partial charge in [-0.15, -0.1) is 0 Å². The van der Waals surface area contributed by atoms with Crippen molar-refractivity contribution in [1.82, 2.24) is 5.32 Å². The van der Waals surface area contributed by atoms with Crippen molar-refractivity contribution in [2.24, 2.45) is 0 Å². The fourth-order valence-corrected chi connectivity index (χ4v) is 3.28. The van der Waals surface area contributed by atoms with Gasteiger partial charge in [0, 0.05) is 18.2 Å². The van der Waals surface area contributed by atoms with Gasteiger partial charge < -0.3 is 14.8 Å². The van der Waals surface area contributed by atoms with Gasteiger partial charge in [0.1, 0.15) is 6.61 Å². The predicted octanol–water partition coefficient (Wildman–Crippen LogP) is 5.78. The van der Waals surface area contributed by atoms with Gasteiger partial charge in [-0.2, -0.15) is 0 Å². The molecule has 0 unspecified atom stereocenters. The molecule has 0 aliphatic rings. The molecule has 0 spiro atoms. The van der Waals surface area contributed by atoms with Crippen molar-refractivity contribution in [2.75, 3.05) is 6.61 Å². The lowest BCUT2D eigenvalue weighted by molar-refractivity contribution is 0.265. The molecule has 0 aliphatic carbocycles. The molecule has 1 N–H and O–H groups in total. The van der Waals surface area contributed by atoms with E-state index in [-0.39, 0.29) is 0 Å². The van der Waals surface area contributed by atoms with Crippen LogP contribution in [0.1, 0.15) is 37.0 Å². The highest BCUT2D eigenvalue weighted by atomic mass is 16.5. The van der Waals surface area contributed by atoms with Gasteiger partial charge in [-0.25, -0.2) is 0 Å². The number of ether oxygens (including phenoxy) is 2. The van der Waals surface area contributed by atoms with Crippen LogP contribution in [-0.2, 0) is 19.6 Å². The van der Waals surface area contributed by atoms with Crippen LogP contribution in [0.3, 0.4) is 0 Å². The van der Waals surface area contributed by atoms with Crippen molar-refractivity contribution in [3.63, 3.8) is 0 Å². The smallest absolute Gasteiger partial charge is 0.166 e. The van der Waals surface area contributed by atoms with Gasteiger partial charge in [0.15, 0.2) is 11.5 Å². The summed E-state index contributed by atoms with van der Waals surface area (Å²) in [7, 11) is 0. The average Bonchev–Trinajstić information content (AvgIpc) is 2.77. The highest BCUT2D eigenvalue weighted by Crippen LogP contribution is 2.32. The van der Waals surface area contributed by atoms with Crippen molar-refractivity contribution in [3.8, 4) is 11.5 Å². The van der Waals surface area contributed by atoms with Gasteiger partial charge in [-0.1, -0.05) is 72.8 Å². The number of rotatable bonds is 11. The first-order valence-electron chi connectivity index (χ1n) is 10.4. The molecule has 0 fully saturated rings. The van der Waals surface area contributed by atoms with Crippen LogP contribution >= 0.6 is 0 Å². The molecule has 1 atom stereocenters. The van der Waals surface area contributed by atoms with Crippen LogP contribution in [0.5, 0.6) is 11.5 Å². The number of hydrogen-bond donors (Lipinski definition) is 1. The minimum atomic E-state index is 0.410. The zero-order chi connectivity index (χ0) is 20.3. The quantitative estimate of drug-likeness (QED) is 0.451. The molecule has 29 heavy (non-hydrogen) atoms. The molecule has 3 heteroatoms. The summed E-state index contributed by atoms with van der Waals surface area (Å²) in [5, 5.41) is 3.64. The minimum absolute atomic E-state index is 0.410. The Morgan fingerprint density at radius 2 is 1.48 bits per heavy atom. The molecular formula is C26H31NO2. The Balaban J connectivity index is 1.61. The van der Waals surface area contributed by atoms with Crippen molar-refractivity contribution >= 4 is 0 Å². The molecule has 0 aliphatic heterocycles. The first-order chi connectivity index (χ1) is 14.3. The van der Waals surface area contributed by atoms with E-state index in [1.54, 1.807) is 0 Å². The first kappa shape index (κ1) is 20.9. The summed E-state index contributed by atoms with van der Waals surface area (Å²) in [6.07, 6.45) is 2.17. The highest BCUT2D eigenvalue weighted by molar-refractivity contribution is 5.46. The lowest BCUT2D eigenvalue weighted by Gasteiger charge is -2.19. The molecule has 0 radical (unpaired) electrons. The summed E-state index contributed by atoms with van der Waals surface area (Å²) < 4.78 is 12.0. The number of aryl methyl sites for hydroxylation is 1. The highest BCUT2D eigenvalue weighted by Gasteiger charge is 2.12. The SMILES string of the molecule is CCOc1cccc(CN[C@H](C)CCc2ccccc2)c1OCc1ccccc1. The normalized spacial score (nSPS) is 11.8. The number of nitrogens with one attached hydrogen (secondary N) is 1. The van der Waals surface area contributed by atoms with E-state index >= 15 is 0 Å². The van der Waals surface area contributed by atoms with E-state index in [4.69, 9.17) is 9.47 Å². The maximum absolute atomic E-state index is 6.20. The van der Waals surface area contributed by atoms with E-state index in [1.165, 1.54) is 5.56 Å². The van der Waals surface area contributed by atoms with Gasteiger partial charge in [-0.05, 0) is 43.9 Å². The Morgan fingerprint density at radius 3 is 2.17 bits per heavy atom. The molecule has 3 rings (SSSR count). The van der Waals surface area contributed by atoms with E-state index in [9.17, 15) is 0 Å². The maximum Gasteiger partial charge on any atom is 0.166 e. The fourth-order valence-electron chi connectivity index (χ4n) is 3.28. The van der Waals surface area contributed by atoms with Crippen molar-refractivity contribution in [2.45, 2.75) is 45.9 Å². The van der Waals surface area contributed by atoms with E-state index in [1.807, 2.05) is 37.3 Å². The van der Waals surface area contributed by atoms with Gasteiger partial charge in [0.2, 0.25) is 0 Å². The summed E-state index contributed by atoms with van der Waals surface area (Å²) >= 11 is 0. The van der Waals surface area contributed by atoms with E-state index < -0.39 is 0 Å². The summed E-state index contributed by atoms with van der Waals surface area (Å²) in [5.74, 6) is 1.64. The molecular weight excluding hydrogens is 358 g/mol. The second-order valence-electron chi connectivity index (χ2n) is 7.26. The Bertz CT molecular complexity index is 849. The summed E-state index contributed by atoms with van der Waals surface area (Å²) in [6, 6.07) is 27.4. The van der Waals surface area contributed by atoms with Crippen LogP contribution in [-0.4, -0.2) is 12.6 Å². The summed E-state index contributed by atoms with van der Waals surface area (Å²) in [4.78, 5) is 0. The molecule has 0 heterocycles. The molecule has 3 aromatic rings. The van der Waals surface area contributed by atoms with Crippen LogP contribution < -0.4 is 14.8 Å². The lowest BCUT2D eigenvalue weighted by atomic mass is 10.1. The largest absolute Gasteiger partial charge is 0.490 e. The van der Waals surface area contributed by atoms with Crippen molar-refractivity contribution in [1.29, 1.82) is 0 Å². The topological polar surface area (TPSA) is 30.5 Å². The van der Waals surface area contributed by atoms with Crippen LogP contribution in [0.15, 0.2) is 78.9 Å². The van der Waals surface area contributed by atoms with Gasteiger partial charge >= 0.3 is 0 Å². The number of hydrogen-bond acceptors (Lipinski definition) is 3. The van der Waals surface area contributed by atoms with Gasteiger partial charge in [0.05, 0.1) is 6.61 Å². The standard InChI is InChI=1S/C26H31NO2/c1-3-28-25-16-10-15-24(26(25)29-20-23-13-8-5-9-14-23)19-27-21(2)17-18-22-11-6-4-7-12-22/h4-16,21,27H,3,17-20H2,1-2H3/t21-/m1/s1. The molecule has 0 amide bonds. The fraction of sp³-hybridized carbons (Fsp3) is 0.308. The molecule has 152 valence electrons. The van der Waals surface area contributed by atoms with Crippen LogP contribution in [0.25, 0.3) is 0 Å². The predicted molar refractivity (Wildman–Crippen MR) is 119 cm³/mol. The number of para-hydroxylation sites is 1. The Hall–Kier alpha value is -2.78. The molecule has 3 nitrogen and oxygen atoms in total. The Morgan fingerprint density at radius 1 is 0.793 bits per heavy atom. The van der Waals surface area contributed by atoms with Gasteiger partial charge in [-0.3, -0.25) is 0 Å². The van der Waals surface area contributed by atoms with E-state index in [2.05, 4.69) is 60.8 Å². The maximum atomic E-state index is 6.20. The van der Waals surface area contributed by atoms with Crippen LogP contribution in [0.2, 0.25) is 0 Å². The monoisotopic (exact) mass is 389 g/mol. The van der Waals surface area contributed by atoms with Crippen molar-refractivity contribution in [3.05, 3.63) is 95.6 Å². The Kier molecular flexibility index (Phi) is 8.14. The van der Waals surface area contributed by atoms with Gasteiger partial charge in [0.25, 0.3) is 0 Å². The second kappa shape index (κ2) is 11.3. The molecule has 0 bridgehead atoms. The zero-order valence-corrected chi connectivity index (χ0v) is 17.4.